The Morgan fingerprint density at radius 1 is 1.56 bits per heavy atom. The number of hydrogen-bond acceptors (Lipinski definition) is 4. The average Bonchev–Trinajstić information content (AvgIpc) is 2.37. The van der Waals surface area contributed by atoms with E-state index >= 15 is 0 Å². The van der Waals surface area contributed by atoms with Gasteiger partial charge in [0.2, 0.25) is 0 Å². The number of carbonyl (C=O) groups excluding carboxylic acids is 1. The maximum absolute atomic E-state index is 12.0. The highest BCUT2D eigenvalue weighted by Crippen LogP contribution is 2.18. The van der Waals surface area contributed by atoms with Gasteiger partial charge in [-0.1, -0.05) is 6.07 Å². The van der Waals surface area contributed by atoms with Crippen molar-refractivity contribution in [3.8, 4) is 0 Å². The van der Waals surface area contributed by atoms with E-state index in [0.717, 1.165) is 10.5 Å². The Balaban J connectivity index is 2.66. The third kappa shape index (κ3) is 4.33. The summed E-state index contributed by atoms with van der Waals surface area (Å²) >= 11 is 1.59. The highest BCUT2D eigenvalue weighted by atomic mass is 32.2. The number of methoxy groups -OCH3 is 1. The van der Waals surface area contributed by atoms with Crippen molar-refractivity contribution in [3.05, 3.63) is 29.3 Å². The van der Waals surface area contributed by atoms with E-state index in [1.807, 2.05) is 31.4 Å². The predicted molar refractivity (Wildman–Crippen MR) is 73.2 cm³/mol. The Morgan fingerprint density at radius 3 is 2.89 bits per heavy atom. The van der Waals surface area contributed by atoms with Gasteiger partial charge in [0.25, 0.3) is 5.91 Å². The lowest BCUT2D eigenvalue weighted by molar-refractivity contribution is 0.0609. The number of aliphatic hydroxyl groups excluding tert-OH is 1. The molecule has 4 nitrogen and oxygen atoms in total. The number of hydrogen-bond donors (Lipinski definition) is 2. The molecule has 0 radical (unpaired) electrons. The number of rotatable bonds is 6. The Kier molecular flexibility index (Phi) is 6.18. The van der Waals surface area contributed by atoms with Gasteiger partial charge in [-0.3, -0.25) is 4.79 Å². The van der Waals surface area contributed by atoms with Crippen molar-refractivity contribution in [2.24, 2.45) is 0 Å². The first-order valence-corrected chi connectivity index (χ1v) is 6.90. The molecule has 0 fully saturated rings. The summed E-state index contributed by atoms with van der Waals surface area (Å²) in [4.78, 5) is 13.0. The van der Waals surface area contributed by atoms with E-state index in [-0.39, 0.29) is 19.1 Å². The summed E-state index contributed by atoms with van der Waals surface area (Å²) in [6.45, 7) is 2.30. The van der Waals surface area contributed by atoms with Gasteiger partial charge in [-0.15, -0.1) is 11.8 Å². The van der Waals surface area contributed by atoms with Crippen LogP contribution in [0.3, 0.4) is 0 Å². The van der Waals surface area contributed by atoms with Crippen LogP contribution in [0.15, 0.2) is 23.1 Å². The Morgan fingerprint density at radius 2 is 2.28 bits per heavy atom. The second-order valence-electron chi connectivity index (χ2n) is 4.00. The minimum Gasteiger partial charge on any atom is -0.389 e. The zero-order valence-electron chi connectivity index (χ0n) is 10.9. The molecule has 100 valence electrons. The van der Waals surface area contributed by atoms with Gasteiger partial charge >= 0.3 is 0 Å². The highest BCUT2D eigenvalue weighted by Gasteiger charge is 2.11. The molecule has 1 amide bonds. The lowest BCUT2D eigenvalue weighted by Crippen LogP contribution is -2.34. The topological polar surface area (TPSA) is 58.6 Å². The lowest BCUT2D eigenvalue weighted by Gasteiger charge is -2.12. The summed E-state index contributed by atoms with van der Waals surface area (Å²) in [6, 6.07) is 5.76. The molecule has 0 saturated carbocycles. The number of nitrogens with one attached hydrogen (secondary N) is 1. The first-order chi connectivity index (χ1) is 8.58. The van der Waals surface area contributed by atoms with Gasteiger partial charge in [-0.05, 0) is 30.9 Å². The summed E-state index contributed by atoms with van der Waals surface area (Å²) in [5.41, 5.74) is 1.57. The molecule has 0 aliphatic heterocycles. The molecule has 1 aromatic rings. The summed E-state index contributed by atoms with van der Waals surface area (Å²) < 4.78 is 4.80. The molecule has 0 spiro atoms. The van der Waals surface area contributed by atoms with E-state index < -0.39 is 6.10 Å². The molecule has 1 aromatic carbocycles. The number of carbonyl (C=O) groups is 1. The SMILES string of the molecule is COCC(O)CNC(=O)c1cc(SC)ccc1C. The van der Waals surface area contributed by atoms with E-state index in [0.29, 0.717) is 5.56 Å². The third-order valence-corrected chi connectivity index (χ3v) is 3.27. The Labute approximate surface area is 112 Å². The Hall–Kier alpha value is -1.04. The fraction of sp³-hybridized carbons (Fsp3) is 0.462. The van der Waals surface area contributed by atoms with Gasteiger partial charge in [0.1, 0.15) is 0 Å². The zero-order valence-corrected chi connectivity index (χ0v) is 11.7. The second kappa shape index (κ2) is 7.41. The molecule has 2 N–H and O–H groups in total. The molecule has 1 rings (SSSR count). The zero-order chi connectivity index (χ0) is 13.5. The van der Waals surface area contributed by atoms with Gasteiger partial charge < -0.3 is 15.2 Å². The molecule has 5 heteroatoms. The monoisotopic (exact) mass is 269 g/mol. The van der Waals surface area contributed by atoms with Crippen molar-refractivity contribution < 1.29 is 14.6 Å². The maximum Gasteiger partial charge on any atom is 0.251 e. The van der Waals surface area contributed by atoms with Gasteiger partial charge in [0.15, 0.2) is 0 Å². The third-order valence-electron chi connectivity index (χ3n) is 2.55. The maximum atomic E-state index is 12.0. The molecule has 0 aliphatic rings. The van der Waals surface area contributed by atoms with Crippen molar-refractivity contribution >= 4 is 17.7 Å². The van der Waals surface area contributed by atoms with E-state index in [1.165, 1.54) is 7.11 Å². The van der Waals surface area contributed by atoms with Crippen LogP contribution in [0.25, 0.3) is 0 Å². The fourth-order valence-electron chi connectivity index (χ4n) is 1.53. The minimum absolute atomic E-state index is 0.168. The van der Waals surface area contributed by atoms with E-state index in [1.54, 1.807) is 11.8 Å². The average molecular weight is 269 g/mol. The van der Waals surface area contributed by atoms with Gasteiger partial charge in [-0.25, -0.2) is 0 Å². The fourth-order valence-corrected chi connectivity index (χ4v) is 1.97. The van der Waals surface area contributed by atoms with Crippen LogP contribution >= 0.6 is 11.8 Å². The van der Waals surface area contributed by atoms with E-state index in [4.69, 9.17) is 4.74 Å². The van der Waals surface area contributed by atoms with Crippen LogP contribution in [-0.2, 0) is 4.74 Å². The van der Waals surface area contributed by atoms with Crippen LogP contribution in [-0.4, -0.2) is 43.6 Å². The smallest absolute Gasteiger partial charge is 0.251 e. The minimum atomic E-state index is -0.678. The van der Waals surface area contributed by atoms with E-state index in [9.17, 15) is 9.90 Å². The van der Waals surface area contributed by atoms with Crippen LogP contribution in [0.4, 0.5) is 0 Å². The number of aryl methyl sites for hydroxylation is 1. The first-order valence-electron chi connectivity index (χ1n) is 5.68. The normalized spacial score (nSPS) is 12.2. The van der Waals surface area contributed by atoms with Crippen molar-refractivity contribution in [2.75, 3.05) is 26.5 Å². The van der Waals surface area contributed by atoms with Crippen LogP contribution in [0.5, 0.6) is 0 Å². The van der Waals surface area contributed by atoms with Crippen LogP contribution < -0.4 is 5.32 Å². The molecule has 0 saturated heterocycles. The van der Waals surface area contributed by atoms with E-state index in [2.05, 4.69) is 5.32 Å². The number of aliphatic hydroxyl groups is 1. The van der Waals surface area contributed by atoms with Crippen LogP contribution in [0, 0.1) is 6.92 Å². The largest absolute Gasteiger partial charge is 0.389 e. The number of amides is 1. The van der Waals surface area contributed by atoms with Crippen molar-refractivity contribution in [1.82, 2.24) is 5.32 Å². The number of ether oxygens (including phenoxy) is 1. The van der Waals surface area contributed by atoms with Crippen molar-refractivity contribution in [3.63, 3.8) is 0 Å². The standard InChI is InChI=1S/C13H19NO3S/c1-9-4-5-11(18-3)6-12(9)13(16)14-7-10(15)8-17-2/h4-6,10,15H,7-8H2,1-3H3,(H,14,16). The molecular weight excluding hydrogens is 250 g/mol. The molecular formula is C13H19NO3S. The summed E-state index contributed by atoms with van der Waals surface area (Å²) in [7, 11) is 1.51. The van der Waals surface area contributed by atoms with Gasteiger partial charge in [0, 0.05) is 24.1 Å². The summed E-state index contributed by atoms with van der Waals surface area (Å²) in [6.07, 6.45) is 1.29. The summed E-state index contributed by atoms with van der Waals surface area (Å²) in [5.74, 6) is -0.168. The second-order valence-corrected chi connectivity index (χ2v) is 4.88. The molecule has 1 unspecified atom stereocenters. The van der Waals surface area contributed by atoms with Gasteiger partial charge in [-0.2, -0.15) is 0 Å². The first kappa shape index (κ1) is 15.0. The number of thioether (sulfide) groups is 1. The predicted octanol–water partition coefficient (Wildman–Crippen LogP) is 1.45. The Bertz CT molecular complexity index is 409. The van der Waals surface area contributed by atoms with Gasteiger partial charge in [0.05, 0.1) is 12.7 Å². The summed E-state index contributed by atoms with van der Waals surface area (Å²) in [5, 5.41) is 12.2. The van der Waals surface area contributed by atoms with Crippen LogP contribution in [0.1, 0.15) is 15.9 Å². The van der Waals surface area contributed by atoms with Crippen molar-refractivity contribution in [1.29, 1.82) is 0 Å². The lowest BCUT2D eigenvalue weighted by atomic mass is 10.1. The van der Waals surface area contributed by atoms with Crippen LogP contribution in [0.2, 0.25) is 0 Å². The quantitative estimate of drug-likeness (QED) is 0.768. The molecule has 0 aromatic heterocycles. The molecule has 0 bridgehead atoms. The van der Waals surface area contributed by atoms with Crippen molar-refractivity contribution in [2.45, 2.75) is 17.9 Å². The molecule has 18 heavy (non-hydrogen) atoms. The number of benzene rings is 1. The highest BCUT2D eigenvalue weighted by molar-refractivity contribution is 7.98. The molecule has 0 aliphatic carbocycles. The molecule has 0 heterocycles. The molecule has 1 atom stereocenters.